The molecule has 0 radical (unpaired) electrons. The van der Waals surface area contributed by atoms with E-state index in [9.17, 15) is 38.0 Å². The molecule has 0 aliphatic carbocycles. The van der Waals surface area contributed by atoms with Crippen molar-refractivity contribution in [1.82, 2.24) is 40.4 Å². The van der Waals surface area contributed by atoms with Gasteiger partial charge in [-0.2, -0.15) is 0 Å². The van der Waals surface area contributed by atoms with E-state index in [0.717, 1.165) is 22.1 Å². The highest BCUT2D eigenvalue weighted by molar-refractivity contribution is 6.04. The molecular weight excluding hydrogens is 1200 g/mol. The summed E-state index contributed by atoms with van der Waals surface area (Å²) in [6, 6.07) is 18.4. The monoisotopic (exact) mass is 1290 g/mol. The molecule has 0 saturated carbocycles. The minimum Gasteiger partial charge on any atom is -0.444 e. The zero-order valence-corrected chi connectivity index (χ0v) is 55.3. The lowest BCUT2D eigenvalue weighted by Crippen LogP contribution is -2.64. The Balaban J connectivity index is 0.874. The molecular formula is C69H90F2N10O12. The molecule has 0 aromatic heterocycles. The molecule has 93 heavy (non-hydrogen) atoms. The van der Waals surface area contributed by atoms with Gasteiger partial charge in [-0.15, -0.1) is 0 Å². The summed E-state index contributed by atoms with van der Waals surface area (Å²) >= 11 is 0. The van der Waals surface area contributed by atoms with Crippen molar-refractivity contribution in [2.75, 3.05) is 96.0 Å². The van der Waals surface area contributed by atoms with Gasteiger partial charge in [0, 0.05) is 102 Å². The maximum absolute atomic E-state index is 15.8. The molecule has 5 aliphatic rings. The van der Waals surface area contributed by atoms with E-state index in [-0.39, 0.29) is 73.8 Å². The van der Waals surface area contributed by atoms with E-state index < -0.39 is 88.2 Å². The normalized spacial score (nSPS) is 21.8. The van der Waals surface area contributed by atoms with Crippen molar-refractivity contribution < 1.29 is 66.1 Å². The smallest absolute Gasteiger partial charge is 0.410 e. The molecule has 9 rings (SSSR count). The first-order chi connectivity index (χ1) is 44.0. The number of nitrogens with zero attached hydrogens (tertiary/aromatic N) is 6. The third-order valence-corrected chi connectivity index (χ3v) is 18.1. The lowest BCUT2D eigenvalue weighted by Gasteiger charge is -2.47. The van der Waals surface area contributed by atoms with Crippen LogP contribution in [0.15, 0.2) is 84.9 Å². The van der Waals surface area contributed by atoms with Crippen LogP contribution >= 0.6 is 0 Å². The molecule has 4 N–H and O–H groups in total. The molecule has 7 atom stereocenters. The minimum atomic E-state index is -1.28. The molecule has 1 unspecified atom stereocenters. The molecule has 5 aliphatic heterocycles. The average molecular weight is 1290 g/mol. The first-order valence-electron chi connectivity index (χ1n) is 32.1. The fraction of sp³-hybridized carbons (Fsp3) is 0.536. The number of benzene rings is 4. The van der Waals surface area contributed by atoms with Crippen molar-refractivity contribution >= 4 is 59.0 Å². The lowest BCUT2D eigenvalue weighted by atomic mass is 9.83. The number of amides is 8. The predicted molar refractivity (Wildman–Crippen MR) is 344 cm³/mol. The maximum atomic E-state index is 15.8. The number of halogens is 2. The predicted octanol–water partition coefficient (Wildman–Crippen LogP) is 6.93. The SMILES string of the molecule is C[C@@H]1COCCN1C[C@H]1CN(C(=O)OC(C)(C)C)[C@H](C)CN1CC(=O)N1CC(C)(C(=O)NCCNC(=O)c2ccc(F)c(NC(=O)[C@@H]3c4ccccc4CN3C(=O)[C@@H](NC(=O)[C@H](C)N(C)C(=O)OC(C)(C)C)C3CCOCC3)c2)c2ccc(Cc3ccc(F)cc3)cc21. The van der Waals surface area contributed by atoms with Gasteiger partial charge >= 0.3 is 12.2 Å². The standard InChI is InChI=1S/C69H90F2N10O12/c1-42-35-78(51(37-77-28-31-91-40-43(77)2)38-79(42)66(89)93-68(7,8)9)39-57(82)81-41-69(10,53-22-18-46(33-56(53)81)32-45-16-20-50(70)21-17-45)64(87)73-27-26-72-61(84)48-19-23-54(71)55(34-48)74-62(85)59-52-15-13-12-14-49(52)36-80(59)63(86)58(47-24-29-90-30-25-47)75-60(83)44(3)76(11)65(88)92-67(4,5)6/h12-23,33-34,42-44,47,51,58-59H,24-32,35-41H2,1-11H3,(H,72,84)(H,73,87)(H,74,85)(H,75,83)/t42-,43-,44+,51+,58+,59+,69?/m1/s1. The van der Waals surface area contributed by atoms with Crippen LogP contribution in [-0.4, -0.2) is 199 Å². The molecule has 0 bridgehead atoms. The number of piperazine rings is 1. The van der Waals surface area contributed by atoms with Gasteiger partial charge < -0.3 is 54.9 Å². The molecule has 22 nitrogen and oxygen atoms in total. The molecule has 5 heterocycles. The third-order valence-electron chi connectivity index (χ3n) is 18.1. The van der Waals surface area contributed by atoms with E-state index in [2.05, 4.69) is 38.0 Å². The Morgan fingerprint density at radius 3 is 2.16 bits per heavy atom. The summed E-state index contributed by atoms with van der Waals surface area (Å²) < 4.78 is 52.5. The summed E-state index contributed by atoms with van der Waals surface area (Å²) in [6.07, 6.45) is 0.119. The van der Waals surface area contributed by atoms with Gasteiger partial charge in [-0.25, -0.2) is 18.4 Å². The van der Waals surface area contributed by atoms with Gasteiger partial charge in [-0.3, -0.25) is 43.5 Å². The Labute approximate surface area is 543 Å². The molecule has 24 heteroatoms. The highest BCUT2D eigenvalue weighted by atomic mass is 19.1. The van der Waals surface area contributed by atoms with Crippen LogP contribution in [0.3, 0.4) is 0 Å². The highest BCUT2D eigenvalue weighted by Crippen LogP contribution is 2.43. The van der Waals surface area contributed by atoms with Crippen LogP contribution in [0.2, 0.25) is 0 Å². The van der Waals surface area contributed by atoms with Crippen molar-refractivity contribution in [3.63, 3.8) is 0 Å². The second-order valence-corrected chi connectivity index (χ2v) is 27.4. The summed E-state index contributed by atoms with van der Waals surface area (Å²) in [7, 11) is 1.43. The third kappa shape index (κ3) is 16.7. The molecule has 0 spiro atoms. The fourth-order valence-corrected chi connectivity index (χ4v) is 12.8. The van der Waals surface area contributed by atoms with E-state index in [4.69, 9.17) is 18.9 Å². The lowest BCUT2D eigenvalue weighted by molar-refractivity contribution is -0.144. The number of carbonyl (C=O) groups is 8. The number of fused-ring (bicyclic) bond motifs is 2. The van der Waals surface area contributed by atoms with Gasteiger partial charge in [-0.05, 0) is 159 Å². The van der Waals surface area contributed by atoms with Crippen LogP contribution in [0.25, 0.3) is 0 Å². The molecule has 3 saturated heterocycles. The molecule has 8 amide bonds. The van der Waals surface area contributed by atoms with Gasteiger partial charge in [-0.1, -0.05) is 48.5 Å². The van der Waals surface area contributed by atoms with E-state index in [1.807, 2.05) is 45.9 Å². The van der Waals surface area contributed by atoms with Crippen LogP contribution in [0.5, 0.6) is 0 Å². The van der Waals surface area contributed by atoms with E-state index in [1.165, 1.54) is 43.1 Å². The second-order valence-electron chi connectivity index (χ2n) is 27.4. The number of anilines is 2. The summed E-state index contributed by atoms with van der Waals surface area (Å²) in [6.45, 7) is 21.5. The number of morpholine rings is 1. The fourth-order valence-electron chi connectivity index (χ4n) is 12.8. The van der Waals surface area contributed by atoms with Gasteiger partial charge in [0.05, 0.1) is 30.9 Å². The maximum Gasteiger partial charge on any atom is 0.410 e. The van der Waals surface area contributed by atoms with Crippen LogP contribution < -0.4 is 26.2 Å². The Kier molecular flexibility index (Phi) is 21.7. The number of nitrogens with one attached hydrogen (secondary N) is 4. The summed E-state index contributed by atoms with van der Waals surface area (Å²) in [5, 5.41) is 11.3. The molecule has 4 aromatic rings. The quantitative estimate of drug-likeness (QED) is 0.0740. The molecule has 502 valence electrons. The van der Waals surface area contributed by atoms with Crippen LogP contribution in [0.4, 0.5) is 29.7 Å². The van der Waals surface area contributed by atoms with E-state index >= 15 is 9.18 Å². The first-order valence-corrected chi connectivity index (χ1v) is 32.1. The zero-order chi connectivity index (χ0) is 67.3. The highest BCUT2D eigenvalue weighted by Gasteiger charge is 2.49. The number of carbonyl (C=O) groups excluding carboxylic acids is 8. The summed E-state index contributed by atoms with van der Waals surface area (Å²) in [5.41, 5.74) is 0.838. The van der Waals surface area contributed by atoms with Gasteiger partial charge in [0.1, 0.15) is 41.0 Å². The van der Waals surface area contributed by atoms with Crippen molar-refractivity contribution in [3.8, 4) is 0 Å². The minimum absolute atomic E-state index is 0.00757. The molecule has 4 aromatic carbocycles. The van der Waals surface area contributed by atoms with Crippen molar-refractivity contribution in [2.45, 2.75) is 148 Å². The average Bonchev–Trinajstić information content (AvgIpc) is 1.61. The topological polar surface area (TPSA) is 241 Å². The Morgan fingerprint density at radius 2 is 1.46 bits per heavy atom. The number of rotatable bonds is 18. The Bertz CT molecular complexity index is 3430. The van der Waals surface area contributed by atoms with Crippen LogP contribution in [-0.2, 0) is 61.3 Å². The van der Waals surface area contributed by atoms with Gasteiger partial charge in [0.15, 0.2) is 0 Å². The van der Waals surface area contributed by atoms with Crippen molar-refractivity contribution in [1.29, 1.82) is 0 Å². The Morgan fingerprint density at radius 1 is 0.774 bits per heavy atom. The largest absolute Gasteiger partial charge is 0.444 e. The van der Waals surface area contributed by atoms with Gasteiger partial charge in [0.25, 0.3) is 11.8 Å². The van der Waals surface area contributed by atoms with Crippen LogP contribution in [0.1, 0.15) is 126 Å². The number of hydrogen-bond donors (Lipinski definition) is 4. The van der Waals surface area contributed by atoms with Gasteiger partial charge in [0.2, 0.25) is 23.6 Å². The van der Waals surface area contributed by atoms with Crippen LogP contribution in [0, 0.1) is 17.6 Å². The number of ether oxygens (including phenoxy) is 4. The second kappa shape index (κ2) is 29.1. The van der Waals surface area contributed by atoms with Crippen molar-refractivity contribution in [3.05, 3.63) is 130 Å². The number of hydrogen-bond acceptors (Lipinski definition) is 14. The molecule has 3 fully saturated rings. The first kappa shape index (κ1) is 69.3. The van der Waals surface area contributed by atoms with E-state index in [0.29, 0.717) is 94.2 Å². The Hall–Kier alpha value is -8.06. The van der Waals surface area contributed by atoms with E-state index in [1.54, 1.807) is 73.9 Å². The number of likely N-dealkylation sites (N-methyl/N-ethyl adjacent to an activating group) is 1. The zero-order valence-electron chi connectivity index (χ0n) is 55.3. The van der Waals surface area contributed by atoms with Crippen molar-refractivity contribution in [2.24, 2.45) is 5.92 Å². The summed E-state index contributed by atoms with van der Waals surface area (Å²) in [4.78, 5) is 124. The summed E-state index contributed by atoms with van der Waals surface area (Å²) in [5.74, 6) is -4.87.